The highest BCUT2D eigenvalue weighted by Gasteiger charge is 2.30. The number of halogens is 2. The fraction of sp³-hybridized carbons (Fsp3) is 0.522. The van der Waals surface area contributed by atoms with Crippen molar-refractivity contribution in [3.05, 3.63) is 40.1 Å². The van der Waals surface area contributed by atoms with Gasteiger partial charge in [-0.2, -0.15) is 8.42 Å². The Kier molecular flexibility index (Phi) is 8.53. The molecule has 1 aliphatic rings. The van der Waals surface area contributed by atoms with Crippen LogP contribution >= 0.6 is 23.2 Å². The minimum Gasteiger partial charge on any atom is -0.370 e. The number of carbonyl (C=O) groups excluding carboxylic acids is 1. The molecular formula is C23H33Cl2N5O3SSi. The Bertz CT molecular complexity index is 1200. The molecule has 1 atom stereocenters. The summed E-state index contributed by atoms with van der Waals surface area (Å²) in [7, 11) is -6.18. The zero-order valence-electron chi connectivity index (χ0n) is 20.7. The predicted molar refractivity (Wildman–Crippen MR) is 144 cm³/mol. The van der Waals surface area contributed by atoms with Gasteiger partial charge in [-0.1, -0.05) is 48.9 Å². The summed E-state index contributed by atoms with van der Waals surface area (Å²) in [5.74, 6) is 0.182. The first-order valence-electron chi connectivity index (χ1n) is 11.6. The van der Waals surface area contributed by atoms with Crippen molar-refractivity contribution in [2.24, 2.45) is 5.92 Å². The second-order valence-electron chi connectivity index (χ2n) is 10.6. The van der Waals surface area contributed by atoms with E-state index in [0.29, 0.717) is 23.5 Å². The van der Waals surface area contributed by atoms with Gasteiger partial charge < -0.3 is 10.6 Å². The van der Waals surface area contributed by atoms with E-state index in [9.17, 15) is 13.2 Å². The van der Waals surface area contributed by atoms with Crippen LogP contribution in [-0.2, 0) is 10.0 Å². The molecule has 3 heterocycles. The van der Waals surface area contributed by atoms with Crippen LogP contribution in [0.3, 0.4) is 0 Å². The molecule has 2 aromatic rings. The highest BCUT2D eigenvalue weighted by molar-refractivity contribution is 7.90. The first kappa shape index (κ1) is 27.9. The summed E-state index contributed by atoms with van der Waals surface area (Å²) in [6, 6.07) is 6.14. The average Bonchev–Trinajstić information content (AvgIpc) is 3.08. The number of rotatable bonds is 9. The zero-order valence-corrected chi connectivity index (χ0v) is 24.0. The Morgan fingerprint density at radius 2 is 1.91 bits per heavy atom. The summed E-state index contributed by atoms with van der Waals surface area (Å²) >= 11 is 12.3. The average molecular weight is 559 g/mol. The smallest absolute Gasteiger partial charge is 0.281 e. The van der Waals surface area contributed by atoms with E-state index in [2.05, 4.69) is 39.2 Å². The topological polar surface area (TPSA) is 113 Å². The first-order valence-corrected chi connectivity index (χ1v) is 17.3. The molecule has 0 aromatic carbocycles. The molecule has 0 saturated carbocycles. The molecular weight excluding hydrogens is 525 g/mol. The van der Waals surface area contributed by atoms with Gasteiger partial charge in [-0.05, 0) is 69.0 Å². The summed E-state index contributed by atoms with van der Waals surface area (Å²) in [5, 5.41) is 7.22. The molecule has 0 bridgehead atoms. The molecule has 0 spiro atoms. The summed E-state index contributed by atoms with van der Waals surface area (Å²) in [6.07, 6.45) is 3.16. The molecule has 35 heavy (non-hydrogen) atoms. The van der Waals surface area contributed by atoms with Crippen molar-refractivity contribution in [3.8, 4) is 0 Å². The van der Waals surface area contributed by atoms with Crippen LogP contribution in [0.1, 0.15) is 43.5 Å². The maximum Gasteiger partial charge on any atom is 0.281 e. The number of nitrogens with zero attached hydrogens (tertiary/aromatic N) is 2. The molecule has 3 rings (SSSR count). The van der Waals surface area contributed by atoms with Gasteiger partial charge in [0.15, 0.2) is 5.03 Å². The molecule has 1 fully saturated rings. The lowest BCUT2D eigenvalue weighted by Gasteiger charge is -2.19. The van der Waals surface area contributed by atoms with E-state index >= 15 is 0 Å². The van der Waals surface area contributed by atoms with Crippen LogP contribution in [0.25, 0.3) is 0 Å². The summed E-state index contributed by atoms with van der Waals surface area (Å²) in [4.78, 5) is 21.0. The predicted octanol–water partition coefficient (Wildman–Crippen LogP) is 4.03. The van der Waals surface area contributed by atoms with Gasteiger partial charge in [-0.25, -0.2) is 14.7 Å². The van der Waals surface area contributed by atoms with Crippen LogP contribution in [-0.4, -0.2) is 51.0 Å². The third-order valence-electron chi connectivity index (χ3n) is 5.97. The number of hydrogen-bond acceptors (Lipinski definition) is 7. The van der Waals surface area contributed by atoms with E-state index in [0.717, 1.165) is 25.8 Å². The lowest BCUT2D eigenvalue weighted by molar-refractivity contribution is 0.0981. The number of aromatic nitrogens is 2. The Labute approximate surface area is 218 Å². The van der Waals surface area contributed by atoms with E-state index in [1.807, 2.05) is 19.6 Å². The lowest BCUT2D eigenvalue weighted by Crippen LogP contribution is -2.40. The molecule has 12 heteroatoms. The quantitative estimate of drug-likeness (QED) is 0.242. The van der Waals surface area contributed by atoms with Crippen LogP contribution in [0.15, 0.2) is 29.3 Å². The van der Waals surface area contributed by atoms with Crippen molar-refractivity contribution in [2.45, 2.75) is 63.3 Å². The molecule has 8 nitrogen and oxygen atoms in total. The molecule has 1 saturated heterocycles. The second kappa shape index (κ2) is 10.7. The molecule has 2 aromatic heterocycles. The van der Waals surface area contributed by atoms with E-state index in [1.165, 1.54) is 12.1 Å². The Hall–Kier alpha value is -1.72. The molecule has 3 N–H and O–H groups in total. The number of nitrogens with one attached hydrogen (secondary N) is 3. The van der Waals surface area contributed by atoms with E-state index in [-0.39, 0.29) is 26.4 Å². The molecule has 192 valence electrons. The molecule has 1 amide bonds. The standard InChI is InChI=1S/C23H33Cl2N5O3SSi/c1-23(2)13-15(14-27-23)8-7-11-26-18-9-6-10-19(28-18)34(32,33)30-22(31)16-12-17(35(3,4)5)21(25)29-20(16)24/h6,9-10,12,15,27H,7-8,11,13-14H2,1-5H3,(H,26,28)(H,30,31)/t15-/m0/s1. The second-order valence-corrected chi connectivity index (χ2v) is 18.0. The number of carbonyl (C=O) groups is 1. The summed E-state index contributed by atoms with van der Waals surface area (Å²) < 4.78 is 27.8. The monoisotopic (exact) mass is 557 g/mol. The third kappa shape index (κ3) is 7.39. The van der Waals surface area contributed by atoms with Crippen LogP contribution < -0.4 is 20.5 Å². The van der Waals surface area contributed by atoms with E-state index in [1.54, 1.807) is 12.1 Å². The molecule has 0 aliphatic carbocycles. The van der Waals surface area contributed by atoms with E-state index in [4.69, 9.17) is 23.2 Å². The van der Waals surface area contributed by atoms with Crippen LogP contribution in [0.2, 0.25) is 29.9 Å². The van der Waals surface area contributed by atoms with Gasteiger partial charge in [-0.3, -0.25) is 4.79 Å². The molecule has 0 unspecified atom stereocenters. The zero-order chi connectivity index (χ0) is 26.0. The van der Waals surface area contributed by atoms with Crippen molar-refractivity contribution in [2.75, 3.05) is 18.4 Å². The molecule has 0 radical (unpaired) electrons. The molecule has 1 aliphatic heterocycles. The van der Waals surface area contributed by atoms with Crippen molar-refractivity contribution >= 4 is 58.2 Å². The largest absolute Gasteiger partial charge is 0.370 e. The maximum absolute atomic E-state index is 12.9. The number of anilines is 1. The van der Waals surface area contributed by atoms with Gasteiger partial charge >= 0.3 is 0 Å². The number of amides is 1. The Morgan fingerprint density at radius 3 is 2.54 bits per heavy atom. The van der Waals surface area contributed by atoms with Gasteiger partial charge in [0.2, 0.25) is 0 Å². The minimum atomic E-state index is -4.23. The number of pyridine rings is 2. The van der Waals surface area contributed by atoms with E-state index < -0.39 is 24.0 Å². The Morgan fingerprint density at radius 1 is 1.20 bits per heavy atom. The summed E-state index contributed by atoms with van der Waals surface area (Å²) in [6.45, 7) is 12.2. The van der Waals surface area contributed by atoms with Gasteiger partial charge in [0, 0.05) is 12.1 Å². The van der Waals surface area contributed by atoms with Gasteiger partial charge in [0.1, 0.15) is 16.1 Å². The fourth-order valence-corrected chi connectivity index (χ4v) is 7.59. The van der Waals surface area contributed by atoms with Crippen molar-refractivity contribution < 1.29 is 13.2 Å². The third-order valence-corrected chi connectivity index (χ3v) is 9.94. The van der Waals surface area contributed by atoms with Crippen molar-refractivity contribution in [1.29, 1.82) is 0 Å². The fourth-order valence-electron chi connectivity index (χ4n) is 4.15. The minimum absolute atomic E-state index is 0.0454. The van der Waals surface area contributed by atoms with Gasteiger partial charge in [0.25, 0.3) is 15.9 Å². The highest BCUT2D eigenvalue weighted by atomic mass is 35.5. The summed E-state index contributed by atoms with van der Waals surface area (Å²) in [5.41, 5.74) is 0.144. The van der Waals surface area contributed by atoms with Gasteiger partial charge in [-0.15, -0.1) is 0 Å². The number of sulfonamides is 1. The lowest BCUT2D eigenvalue weighted by atomic mass is 9.94. The Balaban J connectivity index is 1.65. The van der Waals surface area contributed by atoms with Crippen LogP contribution in [0.5, 0.6) is 0 Å². The first-order chi connectivity index (χ1) is 16.2. The van der Waals surface area contributed by atoms with Gasteiger partial charge in [0.05, 0.1) is 13.6 Å². The normalized spacial score (nSPS) is 17.9. The van der Waals surface area contributed by atoms with Crippen LogP contribution in [0.4, 0.5) is 5.82 Å². The van der Waals surface area contributed by atoms with Crippen molar-refractivity contribution in [1.82, 2.24) is 20.0 Å². The maximum atomic E-state index is 12.9. The van der Waals surface area contributed by atoms with Crippen LogP contribution in [0, 0.1) is 5.92 Å². The highest BCUT2D eigenvalue weighted by Crippen LogP contribution is 2.26. The number of hydrogen-bond donors (Lipinski definition) is 3. The van der Waals surface area contributed by atoms with Crippen molar-refractivity contribution in [3.63, 3.8) is 0 Å². The SMILES string of the molecule is CC1(C)C[C@H](CCCNc2cccc(S(=O)(=O)NC(=O)c3cc([Si](C)(C)C)c(Cl)nc3Cl)n2)CN1.